The van der Waals surface area contributed by atoms with Crippen LogP contribution in [0.15, 0.2) is 0 Å². The summed E-state index contributed by atoms with van der Waals surface area (Å²) in [6.45, 7) is 6.51. The molecule has 0 bridgehead atoms. The van der Waals surface area contributed by atoms with E-state index < -0.39 is 5.60 Å². The SMILES string of the molecule is CC(C)(C)OC(=O)NC(CNC1CCC(N)CC1)C1CC1. The van der Waals surface area contributed by atoms with Gasteiger partial charge in [0.05, 0.1) is 0 Å². The maximum Gasteiger partial charge on any atom is 0.407 e. The Bertz CT molecular complexity index is 342. The van der Waals surface area contributed by atoms with Crippen LogP contribution in [0.25, 0.3) is 0 Å². The molecule has 0 aromatic rings. The van der Waals surface area contributed by atoms with Crippen LogP contribution in [0, 0.1) is 5.92 Å². The summed E-state index contributed by atoms with van der Waals surface area (Å²) in [6.07, 6.45) is 6.61. The van der Waals surface area contributed by atoms with Crippen molar-refractivity contribution in [2.45, 2.75) is 83.0 Å². The van der Waals surface area contributed by atoms with Gasteiger partial charge in [-0.1, -0.05) is 0 Å². The molecule has 4 N–H and O–H groups in total. The number of nitrogens with two attached hydrogens (primary N) is 1. The zero-order valence-electron chi connectivity index (χ0n) is 13.7. The smallest absolute Gasteiger partial charge is 0.407 e. The van der Waals surface area contributed by atoms with Gasteiger partial charge in [-0.3, -0.25) is 0 Å². The molecule has 0 aliphatic heterocycles. The van der Waals surface area contributed by atoms with Crippen LogP contribution in [0.4, 0.5) is 4.79 Å². The number of nitrogens with one attached hydrogen (secondary N) is 2. The molecule has 0 heterocycles. The standard InChI is InChI=1S/C16H31N3O2/c1-16(2,3)21-15(20)19-14(11-4-5-11)10-18-13-8-6-12(17)7-9-13/h11-14,18H,4-10,17H2,1-3H3,(H,19,20). The average Bonchev–Trinajstić information content (AvgIpc) is 3.18. The Balaban J connectivity index is 1.73. The van der Waals surface area contributed by atoms with Crippen LogP contribution in [0.2, 0.25) is 0 Å². The van der Waals surface area contributed by atoms with E-state index in [0.717, 1.165) is 32.2 Å². The van der Waals surface area contributed by atoms with Gasteiger partial charge < -0.3 is 21.1 Å². The van der Waals surface area contributed by atoms with E-state index >= 15 is 0 Å². The molecule has 1 amide bonds. The Hall–Kier alpha value is -0.810. The molecule has 122 valence electrons. The van der Waals surface area contributed by atoms with Gasteiger partial charge in [-0.2, -0.15) is 0 Å². The minimum atomic E-state index is -0.439. The van der Waals surface area contributed by atoms with E-state index in [2.05, 4.69) is 10.6 Å². The minimum Gasteiger partial charge on any atom is -0.444 e. The Morgan fingerprint density at radius 1 is 1.19 bits per heavy atom. The first-order valence-corrected chi connectivity index (χ1v) is 8.32. The molecular weight excluding hydrogens is 266 g/mol. The van der Waals surface area contributed by atoms with Crippen LogP contribution in [-0.4, -0.2) is 36.4 Å². The van der Waals surface area contributed by atoms with Crippen molar-refractivity contribution in [3.8, 4) is 0 Å². The first kappa shape index (κ1) is 16.6. The maximum absolute atomic E-state index is 11.9. The number of hydrogen-bond donors (Lipinski definition) is 3. The fraction of sp³-hybridized carbons (Fsp3) is 0.938. The number of hydrogen-bond acceptors (Lipinski definition) is 4. The average molecular weight is 297 g/mol. The lowest BCUT2D eigenvalue weighted by atomic mass is 9.91. The number of ether oxygens (including phenoxy) is 1. The number of alkyl carbamates (subject to hydrolysis) is 1. The molecule has 0 aromatic heterocycles. The van der Waals surface area contributed by atoms with Crippen molar-refractivity contribution < 1.29 is 9.53 Å². The molecule has 0 spiro atoms. The number of carbonyl (C=O) groups excluding carboxylic acids is 1. The van der Waals surface area contributed by atoms with Crippen molar-refractivity contribution in [3.63, 3.8) is 0 Å². The van der Waals surface area contributed by atoms with Crippen LogP contribution < -0.4 is 16.4 Å². The van der Waals surface area contributed by atoms with Gasteiger partial charge >= 0.3 is 6.09 Å². The molecule has 5 nitrogen and oxygen atoms in total. The largest absolute Gasteiger partial charge is 0.444 e. The highest BCUT2D eigenvalue weighted by molar-refractivity contribution is 5.68. The van der Waals surface area contributed by atoms with E-state index in [1.807, 2.05) is 20.8 Å². The molecule has 2 fully saturated rings. The van der Waals surface area contributed by atoms with E-state index in [1.54, 1.807) is 0 Å². The molecule has 5 heteroatoms. The lowest BCUT2D eigenvalue weighted by Gasteiger charge is -2.29. The summed E-state index contributed by atoms with van der Waals surface area (Å²) in [4.78, 5) is 11.9. The van der Waals surface area contributed by atoms with E-state index in [1.165, 1.54) is 12.8 Å². The number of carbonyl (C=O) groups is 1. The van der Waals surface area contributed by atoms with E-state index in [9.17, 15) is 4.79 Å². The summed E-state index contributed by atoms with van der Waals surface area (Å²) in [5.41, 5.74) is 5.50. The first-order chi connectivity index (χ1) is 9.83. The summed E-state index contributed by atoms with van der Waals surface area (Å²) >= 11 is 0. The van der Waals surface area contributed by atoms with Gasteiger partial charge in [-0.05, 0) is 65.2 Å². The quantitative estimate of drug-likeness (QED) is 0.727. The predicted octanol–water partition coefficient (Wildman–Crippen LogP) is 2.15. The zero-order valence-corrected chi connectivity index (χ0v) is 13.7. The van der Waals surface area contributed by atoms with Crippen LogP contribution in [0.1, 0.15) is 59.3 Å². The third kappa shape index (κ3) is 6.22. The van der Waals surface area contributed by atoms with Gasteiger partial charge in [0.15, 0.2) is 0 Å². The van der Waals surface area contributed by atoms with Gasteiger partial charge in [0.1, 0.15) is 5.60 Å². The Morgan fingerprint density at radius 3 is 2.33 bits per heavy atom. The van der Waals surface area contributed by atoms with Gasteiger partial charge in [-0.25, -0.2) is 4.79 Å². The topological polar surface area (TPSA) is 76.4 Å². The molecular formula is C16H31N3O2. The van der Waals surface area contributed by atoms with Gasteiger partial charge in [0, 0.05) is 24.7 Å². The summed E-state index contributed by atoms with van der Waals surface area (Å²) in [5, 5.41) is 6.64. The Kier molecular flexibility index (Phi) is 5.49. The van der Waals surface area contributed by atoms with Crippen molar-refractivity contribution in [1.82, 2.24) is 10.6 Å². The molecule has 1 atom stereocenters. The summed E-state index contributed by atoms with van der Waals surface area (Å²) < 4.78 is 5.36. The molecule has 0 saturated heterocycles. The van der Waals surface area contributed by atoms with Crippen LogP contribution in [0.5, 0.6) is 0 Å². The summed E-state index contributed by atoms with van der Waals surface area (Å²) in [6, 6.07) is 1.11. The van der Waals surface area contributed by atoms with E-state index in [-0.39, 0.29) is 12.1 Å². The van der Waals surface area contributed by atoms with Crippen molar-refractivity contribution in [2.24, 2.45) is 11.7 Å². The highest BCUT2D eigenvalue weighted by Gasteiger charge is 2.33. The highest BCUT2D eigenvalue weighted by atomic mass is 16.6. The Labute approximate surface area is 128 Å². The van der Waals surface area contributed by atoms with Crippen LogP contribution >= 0.6 is 0 Å². The van der Waals surface area contributed by atoms with E-state index in [4.69, 9.17) is 10.5 Å². The second kappa shape index (κ2) is 6.97. The van der Waals surface area contributed by atoms with Gasteiger partial charge in [-0.15, -0.1) is 0 Å². The summed E-state index contributed by atoms with van der Waals surface area (Å²) in [5.74, 6) is 0.607. The van der Waals surface area contributed by atoms with Gasteiger partial charge in [0.25, 0.3) is 0 Å². The molecule has 1 unspecified atom stereocenters. The third-order valence-electron chi connectivity index (χ3n) is 4.29. The van der Waals surface area contributed by atoms with Crippen molar-refractivity contribution in [1.29, 1.82) is 0 Å². The maximum atomic E-state index is 11.9. The van der Waals surface area contributed by atoms with E-state index in [0.29, 0.717) is 18.0 Å². The monoisotopic (exact) mass is 297 g/mol. The van der Waals surface area contributed by atoms with Gasteiger partial charge in [0.2, 0.25) is 0 Å². The van der Waals surface area contributed by atoms with Crippen LogP contribution in [0.3, 0.4) is 0 Å². The fourth-order valence-corrected chi connectivity index (χ4v) is 2.91. The Morgan fingerprint density at radius 2 is 1.81 bits per heavy atom. The fourth-order valence-electron chi connectivity index (χ4n) is 2.91. The minimum absolute atomic E-state index is 0.190. The number of rotatable bonds is 5. The molecule has 2 aliphatic carbocycles. The molecule has 0 aromatic carbocycles. The first-order valence-electron chi connectivity index (χ1n) is 8.32. The lowest BCUT2D eigenvalue weighted by molar-refractivity contribution is 0.0496. The third-order valence-corrected chi connectivity index (χ3v) is 4.29. The molecule has 21 heavy (non-hydrogen) atoms. The molecule has 0 radical (unpaired) electrons. The normalized spacial score (nSPS) is 28.0. The zero-order chi connectivity index (χ0) is 15.5. The summed E-state index contributed by atoms with van der Waals surface area (Å²) in [7, 11) is 0. The molecule has 2 aliphatic rings. The second-order valence-corrected chi connectivity index (χ2v) is 7.61. The molecule has 2 saturated carbocycles. The second-order valence-electron chi connectivity index (χ2n) is 7.61. The van der Waals surface area contributed by atoms with Crippen LogP contribution in [-0.2, 0) is 4.74 Å². The predicted molar refractivity (Wildman–Crippen MR) is 84.1 cm³/mol. The lowest BCUT2D eigenvalue weighted by Crippen LogP contribution is -2.48. The van der Waals surface area contributed by atoms with Crippen molar-refractivity contribution in [3.05, 3.63) is 0 Å². The number of amides is 1. The van der Waals surface area contributed by atoms with Crippen molar-refractivity contribution >= 4 is 6.09 Å². The van der Waals surface area contributed by atoms with Crippen molar-refractivity contribution in [2.75, 3.05) is 6.54 Å². The highest BCUT2D eigenvalue weighted by Crippen LogP contribution is 2.32. The molecule has 2 rings (SSSR count).